The molecule has 4 heteroatoms. The van der Waals surface area contributed by atoms with Gasteiger partial charge in [-0.25, -0.2) is 0 Å². The first-order chi connectivity index (χ1) is 30.9. The van der Waals surface area contributed by atoms with E-state index in [9.17, 15) is 0 Å². The van der Waals surface area contributed by atoms with Gasteiger partial charge in [0.1, 0.15) is 0 Å². The molecule has 64 heavy (non-hydrogen) atoms. The predicted molar refractivity (Wildman–Crippen MR) is 274 cm³/mol. The number of aryl methyl sites for hydroxylation is 1. The second-order valence-corrected chi connectivity index (χ2v) is 21.7. The van der Waals surface area contributed by atoms with Crippen LogP contribution in [0, 0.1) is 6.92 Å². The molecule has 0 saturated carbocycles. The Balaban J connectivity index is 1.12. The zero-order valence-electron chi connectivity index (χ0n) is 37.5. The monoisotopic (exact) mass is 840 g/mol. The lowest BCUT2D eigenvalue weighted by molar-refractivity contribution is 0.590. The average molecular weight is 841 g/mol. The lowest BCUT2D eigenvalue weighted by Gasteiger charge is -2.43. The number of rotatable bonds is 2. The molecule has 308 valence electrons. The minimum Gasteiger partial charge on any atom is -0.311 e. The largest absolute Gasteiger partial charge is 0.311 e. The molecule has 2 nitrogen and oxygen atoms in total. The summed E-state index contributed by atoms with van der Waals surface area (Å²) in [6.45, 7) is 16.1. The molecule has 8 aromatic carbocycles. The highest BCUT2D eigenvalue weighted by atomic mass is 32.1. The van der Waals surface area contributed by atoms with Gasteiger partial charge < -0.3 is 9.80 Å². The van der Waals surface area contributed by atoms with Gasteiger partial charge in [-0.15, -0.1) is 11.3 Å². The fourth-order valence-corrected chi connectivity index (χ4v) is 13.3. The van der Waals surface area contributed by atoms with Crippen molar-refractivity contribution in [2.75, 3.05) is 9.80 Å². The number of para-hydroxylation sites is 1. The Hall–Kier alpha value is -6.62. The molecule has 2 aliphatic heterocycles. The first-order valence-corrected chi connectivity index (χ1v) is 23.7. The summed E-state index contributed by atoms with van der Waals surface area (Å²) in [5, 5.41) is 1.32. The van der Waals surface area contributed by atoms with Crippen molar-refractivity contribution in [2.45, 2.75) is 64.7 Å². The third-order valence-corrected chi connectivity index (χ3v) is 16.0. The minimum atomic E-state index is -0.395. The predicted octanol–water partition coefficient (Wildman–Crippen LogP) is 14.2. The second kappa shape index (κ2) is 13.0. The Morgan fingerprint density at radius 3 is 1.52 bits per heavy atom. The summed E-state index contributed by atoms with van der Waals surface area (Å²) < 4.78 is 2.73. The molecule has 0 amide bonds. The zero-order chi connectivity index (χ0) is 43.4. The summed E-state index contributed by atoms with van der Waals surface area (Å²) in [7, 11) is 0. The average Bonchev–Trinajstić information content (AvgIpc) is 3.91. The molecule has 1 aromatic heterocycles. The highest BCUT2D eigenvalue weighted by Crippen LogP contribution is 2.64. The number of anilines is 6. The van der Waals surface area contributed by atoms with Crippen molar-refractivity contribution in [1.82, 2.24) is 0 Å². The second-order valence-electron chi connectivity index (χ2n) is 20.6. The summed E-state index contributed by atoms with van der Waals surface area (Å²) in [5.41, 5.74) is 24.7. The van der Waals surface area contributed by atoms with E-state index in [2.05, 4.69) is 228 Å². The molecule has 0 N–H and O–H groups in total. The van der Waals surface area contributed by atoms with Crippen molar-refractivity contribution in [2.24, 2.45) is 0 Å². The van der Waals surface area contributed by atoms with E-state index in [0.29, 0.717) is 0 Å². The quantitative estimate of drug-likeness (QED) is 0.160. The van der Waals surface area contributed by atoms with E-state index in [1.54, 1.807) is 0 Å². The summed E-state index contributed by atoms with van der Waals surface area (Å²) in [6, 6.07) is 65.5. The Bertz CT molecular complexity index is 3390. The first-order valence-electron chi connectivity index (χ1n) is 22.9. The van der Waals surface area contributed by atoms with Crippen molar-refractivity contribution in [3.8, 4) is 22.3 Å². The highest BCUT2D eigenvalue weighted by molar-refractivity contribution is 7.33. The van der Waals surface area contributed by atoms with Gasteiger partial charge in [0.25, 0.3) is 6.71 Å². The molecule has 9 aromatic rings. The van der Waals surface area contributed by atoms with Gasteiger partial charge in [-0.3, -0.25) is 0 Å². The van der Waals surface area contributed by atoms with E-state index < -0.39 is 5.41 Å². The smallest absolute Gasteiger partial charge is 0.264 e. The summed E-state index contributed by atoms with van der Waals surface area (Å²) in [5.74, 6) is 0. The van der Waals surface area contributed by atoms with Crippen LogP contribution >= 0.6 is 11.3 Å². The molecule has 2 aliphatic carbocycles. The van der Waals surface area contributed by atoms with Crippen molar-refractivity contribution >= 4 is 78.0 Å². The maximum Gasteiger partial charge on any atom is 0.264 e. The molecule has 0 atom stereocenters. The SMILES string of the molecule is Cc1cc2c3c(c1)N(c1ccc(C(C)(C)C)cc1)c1c(sc4cc5c(cc14)-c1ccccc1C51c4ccccc4-c4ccccc41)B3c1ccccc1N2c1ccc(C(C)(C)C)cc1. The summed E-state index contributed by atoms with van der Waals surface area (Å²) in [4.78, 5) is 5.16. The van der Waals surface area contributed by atoms with Gasteiger partial charge in [0, 0.05) is 43.3 Å². The number of hydrogen-bond donors (Lipinski definition) is 0. The van der Waals surface area contributed by atoms with E-state index in [0.717, 1.165) is 0 Å². The van der Waals surface area contributed by atoms with Crippen LogP contribution in [0.2, 0.25) is 0 Å². The van der Waals surface area contributed by atoms with Gasteiger partial charge >= 0.3 is 0 Å². The number of benzene rings is 8. The number of fused-ring (bicyclic) bond motifs is 16. The van der Waals surface area contributed by atoms with Gasteiger partial charge in [0.2, 0.25) is 0 Å². The van der Waals surface area contributed by atoms with Crippen LogP contribution in [0.3, 0.4) is 0 Å². The minimum absolute atomic E-state index is 0.0440. The Labute approximate surface area is 381 Å². The van der Waals surface area contributed by atoms with Gasteiger partial charge in [0.05, 0.1) is 11.1 Å². The molecule has 0 unspecified atom stereocenters. The number of thiophene rings is 1. The van der Waals surface area contributed by atoms with Crippen molar-refractivity contribution in [3.63, 3.8) is 0 Å². The highest BCUT2D eigenvalue weighted by Gasteiger charge is 2.52. The van der Waals surface area contributed by atoms with Crippen LogP contribution in [0.5, 0.6) is 0 Å². The number of nitrogens with zero attached hydrogens (tertiary/aromatic N) is 2. The van der Waals surface area contributed by atoms with Crippen LogP contribution in [0.1, 0.15) is 80.5 Å². The Morgan fingerprint density at radius 1 is 0.469 bits per heavy atom. The maximum absolute atomic E-state index is 2.63. The third kappa shape index (κ3) is 4.98. The molecule has 0 fully saturated rings. The molecule has 3 heterocycles. The van der Waals surface area contributed by atoms with Crippen LogP contribution in [-0.2, 0) is 16.2 Å². The van der Waals surface area contributed by atoms with Crippen molar-refractivity contribution in [3.05, 3.63) is 209 Å². The molecular weight excluding hydrogens is 792 g/mol. The number of hydrogen-bond acceptors (Lipinski definition) is 3. The van der Waals surface area contributed by atoms with Gasteiger partial charge in [0.15, 0.2) is 0 Å². The van der Waals surface area contributed by atoms with Crippen LogP contribution < -0.4 is 25.5 Å². The van der Waals surface area contributed by atoms with Crippen molar-refractivity contribution in [1.29, 1.82) is 0 Å². The maximum atomic E-state index is 2.63. The topological polar surface area (TPSA) is 6.48 Å². The lowest BCUT2D eigenvalue weighted by atomic mass is 9.36. The van der Waals surface area contributed by atoms with E-state index in [4.69, 9.17) is 0 Å². The molecule has 0 radical (unpaired) electrons. The lowest BCUT2D eigenvalue weighted by Crippen LogP contribution is -2.60. The van der Waals surface area contributed by atoms with Crippen LogP contribution in [0.25, 0.3) is 32.3 Å². The Kier molecular flexibility index (Phi) is 7.69. The van der Waals surface area contributed by atoms with Gasteiger partial charge in [-0.1, -0.05) is 157 Å². The van der Waals surface area contributed by atoms with E-state index in [1.807, 2.05) is 11.3 Å². The first kappa shape index (κ1) is 37.9. The zero-order valence-corrected chi connectivity index (χ0v) is 38.4. The van der Waals surface area contributed by atoms with Gasteiger partial charge in [-0.2, -0.15) is 0 Å². The molecule has 0 bridgehead atoms. The van der Waals surface area contributed by atoms with Gasteiger partial charge in [-0.05, 0) is 144 Å². The fourth-order valence-electron chi connectivity index (χ4n) is 11.9. The van der Waals surface area contributed by atoms with Crippen LogP contribution in [0.15, 0.2) is 170 Å². The molecule has 0 saturated heterocycles. The molecule has 1 spiro atoms. The van der Waals surface area contributed by atoms with Crippen LogP contribution in [0.4, 0.5) is 34.1 Å². The van der Waals surface area contributed by atoms with Crippen LogP contribution in [-0.4, -0.2) is 6.71 Å². The molecule has 4 aliphatic rings. The Morgan fingerprint density at radius 2 is 0.953 bits per heavy atom. The molecule has 13 rings (SSSR count). The van der Waals surface area contributed by atoms with Crippen molar-refractivity contribution < 1.29 is 0 Å². The standard InChI is InChI=1S/C60H49BN2S/c1-36-32-52-55-53(33-36)63(40-30-26-38(27-31-40)59(5,6)7)56-45-34-44-43-18-10-13-21-48(43)60(46-19-11-8-16-41(46)42-17-9-12-20-47(42)60)49(44)35-54(45)64-57(56)61(55)50-22-14-15-23-51(50)62(52)39-28-24-37(25-29-39)58(2,3)4/h8-35H,1-7H3. The summed E-state index contributed by atoms with van der Waals surface area (Å²) in [6.07, 6.45) is 0. The van der Waals surface area contributed by atoms with E-state index >= 15 is 0 Å². The fraction of sp³-hybridized carbons (Fsp3) is 0.167. The normalized spacial score (nSPS) is 14.8. The summed E-state index contributed by atoms with van der Waals surface area (Å²) >= 11 is 2.00. The van der Waals surface area contributed by atoms with E-state index in [1.165, 1.54) is 121 Å². The van der Waals surface area contributed by atoms with E-state index in [-0.39, 0.29) is 17.5 Å². The third-order valence-electron chi connectivity index (χ3n) is 14.8. The molecular formula is C60H49BN2S.